The minimum Gasteiger partial charge on any atom is -0.491 e. The molecule has 0 unspecified atom stereocenters. The summed E-state index contributed by atoms with van der Waals surface area (Å²) in [4.78, 5) is 26.3. The van der Waals surface area contributed by atoms with E-state index < -0.39 is 0 Å². The number of benzene rings is 4. The fourth-order valence-corrected chi connectivity index (χ4v) is 4.91. The SMILES string of the molecule is C=C1COc2ccc(C)cc2NC(=O)c2ccc(cc2)OCCOCCOCCOCCOc2ccc(cc2)C(=O)Nc2cc(C)ccc2OC1. The number of rotatable bonds is 0. The lowest BCUT2D eigenvalue weighted by Gasteiger charge is -2.16. The second-order valence-electron chi connectivity index (χ2n) is 11.8. The number of aryl methyl sites for hydroxylation is 2. The van der Waals surface area contributed by atoms with Crippen LogP contribution in [0.25, 0.3) is 0 Å². The molecule has 11 nitrogen and oxygen atoms in total. The van der Waals surface area contributed by atoms with Crippen LogP contribution in [0.2, 0.25) is 0 Å². The van der Waals surface area contributed by atoms with Gasteiger partial charge >= 0.3 is 0 Å². The first-order chi connectivity index (χ1) is 24.8. The maximum absolute atomic E-state index is 13.2. The Morgan fingerprint density at radius 2 is 0.863 bits per heavy atom. The topological polar surface area (TPSA) is 123 Å². The molecule has 2 N–H and O–H groups in total. The number of amides is 2. The summed E-state index contributed by atoms with van der Waals surface area (Å²) >= 11 is 0. The van der Waals surface area contributed by atoms with Crippen molar-refractivity contribution in [3.8, 4) is 23.0 Å². The standard InChI is InChI=1S/C40H44N2O9/c1-28-4-14-37-35(24-28)41-39(43)31-6-10-33(11-7-31)48-22-20-46-18-16-45-17-19-47-21-23-49-34-12-8-32(9-13-34)40(44)42-36-25-29(2)5-15-38(36)51-27-30(3)26-50-37/h4-15,24-25H,3,16-23,26-27H2,1-2H3,(H,41,43)(H,42,44). The zero-order chi connectivity index (χ0) is 35.8. The van der Waals surface area contributed by atoms with Crippen LogP contribution in [0, 0.1) is 13.8 Å². The van der Waals surface area contributed by atoms with E-state index in [-0.39, 0.29) is 25.0 Å². The second kappa shape index (κ2) is 19.1. The molecule has 4 bridgehead atoms. The third-order valence-electron chi connectivity index (χ3n) is 7.60. The Balaban J connectivity index is 1.25. The first-order valence-electron chi connectivity index (χ1n) is 16.8. The summed E-state index contributed by atoms with van der Waals surface area (Å²) in [5.41, 5.74) is 4.56. The van der Waals surface area contributed by atoms with E-state index in [1.165, 1.54) is 0 Å². The minimum atomic E-state index is -0.289. The van der Waals surface area contributed by atoms with Crippen molar-refractivity contribution in [2.45, 2.75) is 13.8 Å². The first kappa shape index (κ1) is 36.9. The van der Waals surface area contributed by atoms with Crippen LogP contribution in [0.4, 0.5) is 11.4 Å². The number of carbonyl (C=O) groups excluding carboxylic acids is 2. The lowest BCUT2D eigenvalue weighted by molar-refractivity contribution is 0.00499. The van der Waals surface area contributed by atoms with Crippen molar-refractivity contribution in [2.75, 3.05) is 76.7 Å². The van der Waals surface area contributed by atoms with E-state index in [2.05, 4.69) is 17.2 Å². The summed E-state index contributed by atoms with van der Waals surface area (Å²) in [6.45, 7) is 11.5. The quantitative estimate of drug-likeness (QED) is 0.195. The van der Waals surface area contributed by atoms with Crippen molar-refractivity contribution in [2.24, 2.45) is 0 Å². The van der Waals surface area contributed by atoms with Gasteiger partial charge < -0.3 is 43.8 Å². The van der Waals surface area contributed by atoms with Gasteiger partial charge in [-0.15, -0.1) is 0 Å². The average molecular weight is 697 g/mol. The average Bonchev–Trinajstić information content (AvgIpc) is 3.13. The predicted molar refractivity (Wildman–Crippen MR) is 195 cm³/mol. The molecule has 4 aliphatic heterocycles. The fraction of sp³-hybridized carbons (Fsp3) is 0.300. The zero-order valence-corrected chi connectivity index (χ0v) is 29.0. The van der Waals surface area contributed by atoms with Gasteiger partial charge in [-0.05, 0) is 103 Å². The molecule has 4 aromatic rings. The molecule has 0 aliphatic carbocycles. The molecule has 0 atom stereocenters. The summed E-state index contributed by atoms with van der Waals surface area (Å²) < 4.78 is 40.3. The number of ether oxygens (including phenoxy) is 7. The molecule has 4 aliphatic rings. The molecule has 8 rings (SSSR count). The van der Waals surface area contributed by atoms with Gasteiger partial charge in [0.1, 0.15) is 49.4 Å². The Morgan fingerprint density at radius 3 is 1.25 bits per heavy atom. The van der Waals surface area contributed by atoms with E-state index in [1.807, 2.05) is 38.1 Å². The maximum atomic E-state index is 13.2. The first-order valence-corrected chi connectivity index (χ1v) is 16.8. The van der Waals surface area contributed by atoms with Gasteiger partial charge in [-0.2, -0.15) is 0 Å². The highest BCUT2D eigenvalue weighted by atomic mass is 16.6. The highest BCUT2D eigenvalue weighted by Crippen LogP contribution is 2.29. The van der Waals surface area contributed by atoms with Gasteiger partial charge in [0.05, 0.1) is 51.0 Å². The van der Waals surface area contributed by atoms with Crippen molar-refractivity contribution in [3.63, 3.8) is 0 Å². The zero-order valence-electron chi connectivity index (χ0n) is 29.0. The molecule has 0 spiro atoms. The molecule has 0 radical (unpaired) electrons. The number of hydrogen-bond donors (Lipinski definition) is 2. The van der Waals surface area contributed by atoms with Gasteiger partial charge in [0, 0.05) is 11.1 Å². The lowest BCUT2D eigenvalue weighted by Crippen LogP contribution is -2.16. The molecule has 51 heavy (non-hydrogen) atoms. The van der Waals surface area contributed by atoms with Gasteiger partial charge in [0.2, 0.25) is 0 Å². The van der Waals surface area contributed by atoms with Crippen LogP contribution >= 0.6 is 0 Å². The Labute approximate surface area is 298 Å². The van der Waals surface area contributed by atoms with Gasteiger partial charge in [0.25, 0.3) is 11.8 Å². The lowest BCUT2D eigenvalue weighted by atomic mass is 10.1. The molecule has 4 aromatic carbocycles. The van der Waals surface area contributed by atoms with Crippen molar-refractivity contribution in [1.29, 1.82) is 0 Å². The van der Waals surface area contributed by atoms with E-state index in [0.29, 0.717) is 104 Å². The van der Waals surface area contributed by atoms with Crippen LogP contribution in [-0.4, -0.2) is 77.9 Å². The molecule has 11 heteroatoms. The summed E-state index contributed by atoms with van der Waals surface area (Å²) in [6.07, 6.45) is 0. The van der Waals surface area contributed by atoms with Crippen LogP contribution in [-0.2, 0) is 14.2 Å². The summed E-state index contributed by atoms with van der Waals surface area (Å²) in [7, 11) is 0. The van der Waals surface area contributed by atoms with Gasteiger partial charge in [0.15, 0.2) is 0 Å². The minimum absolute atomic E-state index is 0.142. The van der Waals surface area contributed by atoms with Crippen molar-refractivity contribution in [3.05, 3.63) is 119 Å². The van der Waals surface area contributed by atoms with Crippen LogP contribution in [0.15, 0.2) is 97.1 Å². The van der Waals surface area contributed by atoms with E-state index in [0.717, 1.165) is 11.1 Å². The number of anilines is 2. The monoisotopic (exact) mass is 696 g/mol. The molecule has 4 heterocycles. The van der Waals surface area contributed by atoms with Crippen LogP contribution in [0.5, 0.6) is 23.0 Å². The van der Waals surface area contributed by atoms with E-state index >= 15 is 0 Å². The molecule has 0 saturated carbocycles. The summed E-state index contributed by atoms with van der Waals surface area (Å²) in [6, 6.07) is 24.9. The molecule has 0 aromatic heterocycles. The largest absolute Gasteiger partial charge is 0.491 e. The van der Waals surface area contributed by atoms with E-state index in [9.17, 15) is 9.59 Å². The van der Waals surface area contributed by atoms with Gasteiger partial charge in [-0.25, -0.2) is 0 Å². The Kier molecular flexibility index (Phi) is 13.9. The molecular formula is C40H44N2O9. The van der Waals surface area contributed by atoms with Crippen molar-refractivity contribution < 1.29 is 42.7 Å². The Hall–Kier alpha value is -5.36. The van der Waals surface area contributed by atoms with Gasteiger partial charge in [-0.1, -0.05) is 18.7 Å². The highest BCUT2D eigenvalue weighted by Gasteiger charge is 2.14. The summed E-state index contributed by atoms with van der Waals surface area (Å²) in [5, 5.41) is 5.91. The molecule has 268 valence electrons. The molecule has 0 fully saturated rings. The van der Waals surface area contributed by atoms with E-state index in [4.69, 9.17) is 33.2 Å². The number of nitrogens with one attached hydrogen (secondary N) is 2. The maximum Gasteiger partial charge on any atom is 0.255 e. The molecular weight excluding hydrogens is 652 g/mol. The summed E-state index contributed by atoms with van der Waals surface area (Å²) in [5.74, 6) is 1.66. The van der Waals surface area contributed by atoms with Gasteiger partial charge in [-0.3, -0.25) is 9.59 Å². The van der Waals surface area contributed by atoms with Crippen molar-refractivity contribution in [1.82, 2.24) is 0 Å². The molecule has 0 saturated heterocycles. The third kappa shape index (κ3) is 11.9. The highest BCUT2D eigenvalue weighted by molar-refractivity contribution is 6.05. The number of hydrogen-bond acceptors (Lipinski definition) is 9. The third-order valence-corrected chi connectivity index (χ3v) is 7.60. The Morgan fingerprint density at radius 1 is 0.490 bits per heavy atom. The second-order valence-corrected chi connectivity index (χ2v) is 11.8. The van der Waals surface area contributed by atoms with Crippen LogP contribution < -0.4 is 29.6 Å². The Bertz CT molecular complexity index is 1630. The normalized spacial score (nSPS) is 16.1. The fourth-order valence-electron chi connectivity index (χ4n) is 4.91. The number of carbonyl (C=O) groups is 2. The van der Waals surface area contributed by atoms with Crippen LogP contribution in [0.1, 0.15) is 31.8 Å². The van der Waals surface area contributed by atoms with Crippen molar-refractivity contribution >= 4 is 23.2 Å². The smallest absolute Gasteiger partial charge is 0.255 e. The van der Waals surface area contributed by atoms with E-state index in [1.54, 1.807) is 60.7 Å². The molecule has 2 amide bonds. The van der Waals surface area contributed by atoms with Crippen LogP contribution in [0.3, 0.4) is 0 Å². The predicted octanol–water partition coefficient (Wildman–Crippen LogP) is 6.64.